The van der Waals surface area contributed by atoms with Gasteiger partial charge in [-0.05, 0) is 83.5 Å². The van der Waals surface area contributed by atoms with E-state index in [1.54, 1.807) is 6.08 Å². The average Bonchev–Trinajstić information content (AvgIpc) is 3.46. The van der Waals surface area contributed by atoms with Gasteiger partial charge in [0.2, 0.25) is 5.91 Å². The minimum atomic E-state index is -1.62. The Hall–Kier alpha value is -2.64. The molecule has 0 bridgehead atoms. The summed E-state index contributed by atoms with van der Waals surface area (Å²) in [6, 6.07) is -1.03. The van der Waals surface area contributed by atoms with Crippen LogP contribution >= 0.6 is 0 Å². The lowest BCUT2D eigenvalue weighted by Gasteiger charge is -2.41. The van der Waals surface area contributed by atoms with Crippen molar-refractivity contribution in [3.8, 4) is 0 Å². The normalized spacial score (nSPS) is 19.1. The van der Waals surface area contributed by atoms with Crippen LogP contribution in [-0.4, -0.2) is 99.6 Å². The summed E-state index contributed by atoms with van der Waals surface area (Å²) in [5, 5.41) is 57.0. The molecule has 8 unspecified atom stereocenters. The van der Waals surface area contributed by atoms with Crippen molar-refractivity contribution in [2.45, 2.75) is 352 Å². The van der Waals surface area contributed by atoms with Crippen molar-refractivity contribution in [1.29, 1.82) is 0 Å². The molecule has 466 valence electrons. The van der Waals surface area contributed by atoms with Crippen LogP contribution in [0.5, 0.6) is 0 Å². The molecule has 1 rings (SSSR count). The third kappa shape index (κ3) is 44.0. The Morgan fingerprint density at radius 2 is 0.900 bits per heavy atom. The van der Waals surface area contributed by atoms with Crippen LogP contribution in [0.1, 0.15) is 303 Å². The second kappa shape index (κ2) is 56.8. The zero-order valence-corrected chi connectivity index (χ0v) is 51.7. The first-order valence-corrected chi connectivity index (χ1v) is 33.6. The first kappa shape index (κ1) is 75.4. The summed E-state index contributed by atoms with van der Waals surface area (Å²) in [6.07, 6.45) is 61.4. The summed E-state index contributed by atoms with van der Waals surface area (Å²) < 4.78 is 17.6. The van der Waals surface area contributed by atoms with Gasteiger partial charge >= 0.3 is 5.97 Å². The maximum absolute atomic E-state index is 13.5. The van der Waals surface area contributed by atoms with Gasteiger partial charge in [-0.1, -0.05) is 274 Å². The molecule has 1 fully saturated rings. The summed E-state index contributed by atoms with van der Waals surface area (Å²) in [5.41, 5.74) is 0. The average molecular weight is 1130 g/mol. The molecule has 11 heteroatoms. The Kier molecular flexibility index (Phi) is 53.5. The lowest BCUT2D eigenvalue weighted by atomic mass is 9.99. The van der Waals surface area contributed by atoms with Gasteiger partial charge in [0.05, 0.1) is 25.4 Å². The Bertz CT molecular complexity index is 1530. The number of nitrogens with one attached hydrogen (secondary N) is 1. The molecule has 6 N–H and O–H groups in total. The van der Waals surface area contributed by atoms with Crippen molar-refractivity contribution in [3.05, 3.63) is 60.8 Å². The lowest BCUT2D eigenvalue weighted by Crippen LogP contribution is -2.61. The van der Waals surface area contributed by atoms with Crippen molar-refractivity contribution < 1.29 is 49.3 Å². The molecular formula is C69H125NO10. The second-order valence-corrected chi connectivity index (χ2v) is 23.2. The first-order valence-electron chi connectivity index (χ1n) is 33.6. The van der Waals surface area contributed by atoms with E-state index >= 15 is 0 Å². The smallest absolute Gasteiger partial charge is 0.306 e. The zero-order valence-electron chi connectivity index (χ0n) is 51.7. The van der Waals surface area contributed by atoms with E-state index in [0.717, 1.165) is 83.5 Å². The standard InChI is InChI=1S/C69H125NO10/c1-4-7-10-13-16-19-22-24-26-27-28-29-30-31-32-33-34-35-36-37-38-41-44-47-50-53-56-62(73)68(77)70-60(61(72)55-52-49-46-43-40-21-18-15-12-9-6-3)59-78-69-67(66(76)65(75)63(58-71)79-69)80-64(74)57-54-51-48-45-42-39-25-23-20-17-14-11-8-5-2/h8,11,17,20,24-26,39,52,55,60-63,65-67,69,71-73,75-76H,4-7,9-10,12-16,18-19,21-23,27-38,40-51,53-54,56-59H2,1-3H3,(H,70,77)/b11-8+,20-17+,26-24+,39-25+,55-52+. The molecule has 1 aliphatic heterocycles. The molecule has 1 aliphatic rings. The minimum Gasteiger partial charge on any atom is -0.454 e. The van der Waals surface area contributed by atoms with Gasteiger partial charge in [-0.25, -0.2) is 0 Å². The molecule has 0 saturated carbocycles. The molecule has 1 saturated heterocycles. The number of carbonyl (C=O) groups is 2. The van der Waals surface area contributed by atoms with Gasteiger partial charge in [0, 0.05) is 6.42 Å². The second-order valence-electron chi connectivity index (χ2n) is 23.2. The molecular weight excluding hydrogens is 1000 g/mol. The number of hydrogen-bond donors (Lipinski definition) is 6. The van der Waals surface area contributed by atoms with E-state index in [4.69, 9.17) is 14.2 Å². The Morgan fingerprint density at radius 3 is 1.36 bits per heavy atom. The molecule has 11 nitrogen and oxygen atoms in total. The van der Waals surface area contributed by atoms with Crippen molar-refractivity contribution in [2.75, 3.05) is 13.2 Å². The van der Waals surface area contributed by atoms with Crippen LogP contribution in [0.4, 0.5) is 0 Å². The number of allylic oxidation sites excluding steroid dienone is 9. The molecule has 0 radical (unpaired) electrons. The minimum absolute atomic E-state index is 0.0974. The van der Waals surface area contributed by atoms with E-state index in [-0.39, 0.29) is 13.0 Å². The molecule has 0 aliphatic carbocycles. The number of unbranched alkanes of at least 4 members (excludes halogenated alkanes) is 35. The third-order valence-corrected chi connectivity index (χ3v) is 15.7. The number of aliphatic hydroxyl groups excluding tert-OH is 5. The number of carbonyl (C=O) groups excluding carboxylic acids is 2. The number of esters is 1. The van der Waals surface area contributed by atoms with E-state index < -0.39 is 67.4 Å². The van der Waals surface area contributed by atoms with Gasteiger partial charge in [0.1, 0.15) is 24.4 Å². The van der Waals surface area contributed by atoms with E-state index in [1.807, 2.05) is 6.08 Å². The summed E-state index contributed by atoms with van der Waals surface area (Å²) in [6.45, 7) is 5.67. The van der Waals surface area contributed by atoms with Gasteiger partial charge < -0.3 is 45.1 Å². The summed E-state index contributed by atoms with van der Waals surface area (Å²) >= 11 is 0. The SMILES string of the molecule is CC/C=C/C/C=C/C/C=C/CCCCCCC(=O)OC1C(OCC(NC(=O)C(O)CCCCCCCCCCCCCCCCCC/C=C/CCCCCCCC)C(O)/C=C/CCCCCCCCCCC)OC(CO)C(O)C1O. The highest BCUT2D eigenvalue weighted by molar-refractivity contribution is 5.80. The molecule has 0 aromatic heterocycles. The number of hydrogen-bond acceptors (Lipinski definition) is 10. The Labute approximate surface area is 490 Å². The number of rotatable bonds is 57. The Balaban J connectivity index is 2.55. The topological polar surface area (TPSA) is 175 Å². The highest BCUT2D eigenvalue weighted by Gasteiger charge is 2.47. The predicted octanol–water partition coefficient (Wildman–Crippen LogP) is 16.6. The zero-order chi connectivity index (χ0) is 58.2. The van der Waals surface area contributed by atoms with Gasteiger partial charge in [-0.3, -0.25) is 9.59 Å². The highest BCUT2D eigenvalue weighted by Crippen LogP contribution is 2.26. The molecule has 0 aromatic carbocycles. The summed E-state index contributed by atoms with van der Waals surface area (Å²) in [7, 11) is 0. The highest BCUT2D eigenvalue weighted by atomic mass is 16.7. The maximum Gasteiger partial charge on any atom is 0.306 e. The van der Waals surface area contributed by atoms with Crippen molar-refractivity contribution >= 4 is 11.9 Å². The van der Waals surface area contributed by atoms with Crippen LogP contribution in [0, 0.1) is 0 Å². The van der Waals surface area contributed by atoms with Crippen LogP contribution in [0.3, 0.4) is 0 Å². The fourth-order valence-corrected chi connectivity index (χ4v) is 10.4. The lowest BCUT2D eigenvalue weighted by molar-refractivity contribution is -0.305. The van der Waals surface area contributed by atoms with Gasteiger partial charge in [0.25, 0.3) is 0 Å². The van der Waals surface area contributed by atoms with Crippen LogP contribution in [-0.2, 0) is 23.8 Å². The summed E-state index contributed by atoms with van der Waals surface area (Å²) in [5.74, 6) is -1.21. The first-order chi connectivity index (χ1) is 39.2. The third-order valence-electron chi connectivity index (χ3n) is 15.7. The molecule has 8 atom stereocenters. The molecule has 1 amide bonds. The fraction of sp³-hybridized carbons (Fsp3) is 0.826. The maximum atomic E-state index is 13.5. The number of ether oxygens (including phenoxy) is 3. The van der Waals surface area contributed by atoms with E-state index in [9.17, 15) is 35.1 Å². The van der Waals surface area contributed by atoms with Crippen molar-refractivity contribution in [2.24, 2.45) is 0 Å². The van der Waals surface area contributed by atoms with Crippen molar-refractivity contribution in [1.82, 2.24) is 5.32 Å². The van der Waals surface area contributed by atoms with Gasteiger partial charge in [-0.2, -0.15) is 0 Å². The van der Waals surface area contributed by atoms with E-state index in [2.05, 4.69) is 74.7 Å². The quantitative estimate of drug-likeness (QED) is 0.0195. The number of amides is 1. The van der Waals surface area contributed by atoms with E-state index in [0.29, 0.717) is 19.3 Å². The van der Waals surface area contributed by atoms with Crippen molar-refractivity contribution in [3.63, 3.8) is 0 Å². The molecule has 1 heterocycles. The predicted molar refractivity (Wildman–Crippen MR) is 333 cm³/mol. The molecule has 0 aromatic rings. The van der Waals surface area contributed by atoms with Crippen LogP contribution in [0.25, 0.3) is 0 Å². The molecule has 0 spiro atoms. The largest absolute Gasteiger partial charge is 0.454 e. The van der Waals surface area contributed by atoms with Crippen LogP contribution in [0.2, 0.25) is 0 Å². The van der Waals surface area contributed by atoms with E-state index in [1.165, 1.54) is 173 Å². The fourth-order valence-electron chi connectivity index (χ4n) is 10.4. The Morgan fingerprint density at radius 1 is 0.500 bits per heavy atom. The van der Waals surface area contributed by atoms with Crippen LogP contribution < -0.4 is 5.32 Å². The molecule has 80 heavy (non-hydrogen) atoms. The van der Waals surface area contributed by atoms with Gasteiger partial charge in [-0.15, -0.1) is 0 Å². The van der Waals surface area contributed by atoms with Gasteiger partial charge in [0.15, 0.2) is 12.4 Å². The summed E-state index contributed by atoms with van der Waals surface area (Å²) in [4.78, 5) is 26.6. The number of aliphatic hydroxyl groups is 5. The van der Waals surface area contributed by atoms with Crippen LogP contribution in [0.15, 0.2) is 60.8 Å². The monoisotopic (exact) mass is 1130 g/mol.